The van der Waals surface area contributed by atoms with Crippen LogP contribution in [0.4, 0.5) is 11.5 Å². The predicted octanol–water partition coefficient (Wildman–Crippen LogP) is 2.92. The van der Waals surface area contributed by atoms with E-state index in [9.17, 15) is 4.79 Å². The maximum Gasteiger partial charge on any atom is 0.228 e. The van der Waals surface area contributed by atoms with Crippen molar-refractivity contribution >= 4 is 29.8 Å². The summed E-state index contributed by atoms with van der Waals surface area (Å²) in [6.07, 6.45) is 6.77. The molecule has 0 saturated heterocycles. The number of hydrogen-bond donors (Lipinski definition) is 2. The highest BCUT2D eigenvalue weighted by Gasteiger charge is 2.54. The summed E-state index contributed by atoms with van der Waals surface area (Å²) in [5.74, 6) is 2.57. The summed E-state index contributed by atoms with van der Waals surface area (Å²) < 4.78 is 0. The van der Waals surface area contributed by atoms with Crippen molar-refractivity contribution in [1.29, 1.82) is 0 Å². The molecule has 104 valence electrons. The van der Waals surface area contributed by atoms with Crippen LogP contribution in [0.2, 0.25) is 0 Å². The quantitative estimate of drug-likeness (QED) is 0.896. The Morgan fingerprint density at radius 3 is 2.47 bits per heavy atom. The normalized spacial score (nSPS) is 27.7. The lowest BCUT2D eigenvalue weighted by Gasteiger charge is -2.05. The lowest BCUT2D eigenvalue weighted by Crippen LogP contribution is -2.15. The van der Waals surface area contributed by atoms with Crippen molar-refractivity contribution in [3.8, 4) is 0 Å². The van der Waals surface area contributed by atoms with Crippen molar-refractivity contribution in [2.24, 2.45) is 17.8 Å². The largest absolute Gasteiger partial charge is 0.373 e. The molecular formula is C14H20ClN3O. The molecule has 0 aromatic carbocycles. The summed E-state index contributed by atoms with van der Waals surface area (Å²) in [5, 5.41) is 5.94. The van der Waals surface area contributed by atoms with E-state index < -0.39 is 0 Å². The Bertz CT molecular complexity index is 437. The first-order valence-corrected chi connectivity index (χ1v) is 6.74. The highest BCUT2D eigenvalue weighted by molar-refractivity contribution is 5.94. The SMILES string of the molecule is CNc1ccc(NC(=O)C2C3CCCCC32)cn1.Cl. The van der Waals surface area contributed by atoms with Crippen LogP contribution in [-0.4, -0.2) is 17.9 Å². The molecular weight excluding hydrogens is 262 g/mol. The van der Waals surface area contributed by atoms with Crippen LogP contribution in [0, 0.1) is 17.8 Å². The summed E-state index contributed by atoms with van der Waals surface area (Å²) in [4.78, 5) is 16.3. The van der Waals surface area contributed by atoms with Crippen LogP contribution < -0.4 is 10.6 Å². The predicted molar refractivity (Wildman–Crippen MR) is 78.6 cm³/mol. The standard InChI is InChI=1S/C14H19N3O.ClH/c1-15-12-7-6-9(8-16-12)17-14(18)13-10-4-2-3-5-11(10)13;/h6-8,10-11,13H,2-5H2,1H3,(H,15,16)(H,17,18);1H. The highest BCUT2D eigenvalue weighted by Crippen LogP contribution is 2.55. The van der Waals surface area contributed by atoms with E-state index in [0.717, 1.165) is 11.5 Å². The van der Waals surface area contributed by atoms with E-state index in [1.165, 1.54) is 25.7 Å². The van der Waals surface area contributed by atoms with Crippen LogP contribution in [-0.2, 0) is 4.79 Å². The van der Waals surface area contributed by atoms with Crippen LogP contribution in [0.1, 0.15) is 25.7 Å². The van der Waals surface area contributed by atoms with E-state index in [1.54, 1.807) is 6.20 Å². The van der Waals surface area contributed by atoms with Crippen molar-refractivity contribution in [3.05, 3.63) is 18.3 Å². The Morgan fingerprint density at radius 1 is 1.26 bits per heavy atom. The minimum Gasteiger partial charge on any atom is -0.373 e. The zero-order chi connectivity index (χ0) is 12.5. The first kappa shape index (κ1) is 14.1. The van der Waals surface area contributed by atoms with Crippen molar-refractivity contribution in [3.63, 3.8) is 0 Å². The lowest BCUT2D eigenvalue weighted by atomic mass is 10.0. The molecule has 1 aromatic rings. The average Bonchev–Trinajstić information content (AvgIpc) is 3.14. The summed E-state index contributed by atoms with van der Waals surface area (Å²) >= 11 is 0. The van der Waals surface area contributed by atoms with Gasteiger partial charge in [-0.3, -0.25) is 4.79 Å². The lowest BCUT2D eigenvalue weighted by molar-refractivity contribution is -0.117. The molecule has 0 radical (unpaired) electrons. The molecule has 2 fully saturated rings. The van der Waals surface area contributed by atoms with E-state index in [4.69, 9.17) is 0 Å². The second-order valence-electron chi connectivity index (χ2n) is 5.31. The molecule has 4 nitrogen and oxygen atoms in total. The third-order valence-electron chi connectivity index (χ3n) is 4.25. The smallest absolute Gasteiger partial charge is 0.228 e. The van der Waals surface area contributed by atoms with Crippen LogP contribution in [0.25, 0.3) is 0 Å². The third-order valence-corrected chi connectivity index (χ3v) is 4.25. The van der Waals surface area contributed by atoms with Gasteiger partial charge in [0.15, 0.2) is 0 Å². The second kappa shape index (κ2) is 5.78. The molecule has 2 saturated carbocycles. The maximum atomic E-state index is 12.1. The molecule has 2 aliphatic carbocycles. The summed E-state index contributed by atoms with van der Waals surface area (Å²) in [6.45, 7) is 0. The van der Waals surface area contributed by atoms with Crippen molar-refractivity contribution in [1.82, 2.24) is 4.98 Å². The molecule has 2 unspecified atom stereocenters. The Balaban J connectivity index is 0.00000133. The monoisotopic (exact) mass is 281 g/mol. The van der Waals surface area contributed by atoms with Crippen molar-refractivity contribution < 1.29 is 4.79 Å². The first-order chi connectivity index (χ1) is 8.79. The van der Waals surface area contributed by atoms with Gasteiger partial charge < -0.3 is 10.6 Å². The molecule has 19 heavy (non-hydrogen) atoms. The fourth-order valence-electron chi connectivity index (χ4n) is 3.22. The highest BCUT2D eigenvalue weighted by atomic mass is 35.5. The van der Waals surface area contributed by atoms with E-state index in [-0.39, 0.29) is 24.2 Å². The number of carbonyl (C=O) groups excluding carboxylic acids is 1. The van der Waals surface area contributed by atoms with Gasteiger partial charge in [-0.15, -0.1) is 12.4 Å². The summed E-state index contributed by atoms with van der Waals surface area (Å²) in [7, 11) is 1.83. The molecule has 1 aromatic heterocycles. The number of anilines is 2. The molecule has 1 amide bonds. The van der Waals surface area contributed by atoms with E-state index in [0.29, 0.717) is 11.8 Å². The number of hydrogen-bond acceptors (Lipinski definition) is 3. The molecule has 0 spiro atoms. The second-order valence-corrected chi connectivity index (χ2v) is 5.31. The number of nitrogens with one attached hydrogen (secondary N) is 2. The Kier molecular flexibility index (Phi) is 4.30. The van der Waals surface area contributed by atoms with E-state index in [1.807, 2.05) is 19.2 Å². The minimum absolute atomic E-state index is 0. The van der Waals surface area contributed by atoms with E-state index in [2.05, 4.69) is 15.6 Å². The van der Waals surface area contributed by atoms with Gasteiger partial charge in [0.05, 0.1) is 11.9 Å². The van der Waals surface area contributed by atoms with Gasteiger partial charge in [0, 0.05) is 13.0 Å². The molecule has 2 N–H and O–H groups in total. The van der Waals surface area contributed by atoms with Gasteiger partial charge in [-0.1, -0.05) is 12.8 Å². The number of fused-ring (bicyclic) bond motifs is 1. The summed E-state index contributed by atoms with van der Waals surface area (Å²) in [5.41, 5.74) is 0.794. The first-order valence-electron chi connectivity index (χ1n) is 6.74. The number of aromatic nitrogens is 1. The van der Waals surface area contributed by atoms with Crippen LogP contribution >= 0.6 is 12.4 Å². The number of amides is 1. The Hall–Kier alpha value is -1.29. The zero-order valence-corrected chi connectivity index (χ0v) is 11.9. The van der Waals surface area contributed by atoms with Gasteiger partial charge >= 0.3 is 0 Å². The molecule has 2 aliphatic rings. The minimum atomic E-state index is 0. The maximum absolute atomic E-state index is 12.1. The van der Waals surface area contributed by atoms with Gasteiger partial charge in [0.1, 0.15) is 5.82 Å². The number of carbonyl (C=O) groups is 1. The third kappa shape index (κ3) is 2.84. The van der Waals surface area contributed by atoms with Crippen molar-refractivity contribution in [2.75, 3.05) is 17.7 Å². The molecule has 0 aliphatic heterocycles. The Labute approximate surface area is 119 Å². The topological polar surface area (TPSA) is 54.0 Å². The van der Waals surface area contributed by atoms with Gasteiger partial charge in [0.2, 0.25) is 5.91 Å². The summed E-state index contributed by atoms with van der Waals surface area (Å²) in [6, 6.07) is 3.76. The molecule has 1 heterocycles. The molecule has 3 rings (SSSR count). The average molecular weight is 282 g/mol. The van der Waals surface area contributed by atoms with E-state index >= 15 is 0 Å². The van der Waals surface area contributed by atoms with Gasteiger partial charge in [0.25, 0.3) is 0 Å². The van der Waals surface area contributed by atoms with Gasteiger partial charge in [-0.05, 0) is 36.8 Å². The van der Waals surface area contributed by atoms with Crippen LogP contribution in [0.15, 0.2) is 18.3 Å². The van der Waals surface area contributed by atoms with Gasteiger partial charge in [-0.2, -0.15) is 0 Å². The Morgan fingerprint density at radius 2 is 1.95 bits per heavy atom. The zero-order valence-electron chi connectivity index (χ0n) is 11.1. The fraction of sp³-hybridized carbons (Fsp3) is 0.571. The molecule has 0 bridgehead atoms. The molecule has 2 atom stereocenters. The number of pyridine rings is 1. The number of rotatable bonds is 3. The number of nitrogens with zero attached hydrogens (tertiary/aromatic N) is 1. The molecule has 5 heteroatoms. The van der Waals surface area contributed by atoms with Crippen LogP contribution in [0.3, 0.4) is 0 Å². The van der Waals surface area contributed by atoms with Crippen LogP contribution in [0.5, 0.6) is 0 Å². The van der Waals surface area contributed by atoms with Gasteiger partial charge in [-0.25, -0.2) is 4.98 Å². The fourth-order valence-corrected chi connectivity index (χ4v) is 3.22. The number of halogens is 1. The van der Waals surface area contributed by atoms with Crippen molar-refractivity contribution in [2.45, 2.75) is 25.7 Å².